The van der Waals surface area contributed by atoms with Gasteiger partial charge in [0.1, 0.15) is 5.82 Å². The Kier molecular flexibility index (Phi) is 4.89. The quantitative estimate of drug-likeness (QED) is 0.745. The summed E-state index contributed by atoms with van der Waals surface area (Å²) in [6, 6.07) is 14.0. The van der Waals surface area contributed by atoms with Crippen LogP contribution in [0.3, 0.4) is 0 Å². The van der Waals surface area contributed by atoms with Crippen LogP contribution >= 0.6 is 0 Å². The van der Waals surface area contributed by atoms with Gasteiger partial charge in [-0.05, 0) is 42.0 Å². The van der Waals surface area contributed by atoms with Crippen LogP contribution in [0.25, 0.3) is 10.9 Å². The molecule has 1 N–H and O–H groups in total. The van der Waals surface area contributed by atoms with Crippen LogP contribution in [0, 0.1) is 11.3 Å². The summed E-state index contributed by atoms with van der Waals surface area (Å²) in [5.74, 6) is 0.522. The zero-order valence-electron chi connectivity index (χ0n) is 13.4. The van der Waals surface area contributed by atoms with Crippen LogP contribution < -0.4 is 10.1 Å². The van der Waals surface area contributed by atoms with Gasteiger partial charge in [-0.2, -0.15) is 18.4 Å². The summed E-state index contributed by atoms with van der Waals surface area (Å²) >= 11 is 0. The van der Waals surface area contributed by atoms with Crippen LogP contribution in [-0.2, 0) is 6.54 Å². The molecule has 0 amide bonds. The number of fused-ring (bicyclic) bond motifs is 1. The lowest BCUT2D eigenvalue weighted by atomic mass is 10.1. The number of pyridine rings is 2. The first kappa shape index (κ1) is 17.5. The summed E-state index contributed by atoms with van der Waals surface area (Å²) in [5.41, 5.74) is 2.00. The fourth-order valence-corrected chi connectivity index (χ4v) is 2.28. The van der Waals surface area contributed by atoms with E-state index in [-0.39, 0.29) is 5.88 Å². The van der Waals surface area contributed by atoms with Crippen molar-refractivity contribution in [3.63, 3.8) is 0 Å². The zero-order chi connectivity index (χ0) is 18.6. The predicted molar refractivity (Wildman–Crippen MR) is 89.6 cm³/mol. The predicted octanol–water partition coefficient (Wildman–Crippen LogP) is 4.05. The molecular weight excluding hydrogens is 345 g/mol. The number of aromatic nitrogens is 2. The number of anilines is 1. The molecule has 0 atom stereocenters. The van der Waals surface area contributed by atoms with Gasteiger partial charge in [0.05, 0.1) is 17.1 Å². The Bertz CT molecular complexity index is 967. The second kappa shape index (κ2) is 7.27. The van der Waals surface area contributed by atoms with Crippen molar-refractivity contribution in [2.24, 2.45) is 0 Å². The highest BCUT2D eigenvalue weighted by molar-refractivity contribution is 5.81. The Hall–Kier alpha value is -3.34. The Balaban J connectivity index is 1.67. The van der Waals surface area contributed by atoms with Crippen molar-refractivity contribution in [1.29, 1.82) is 5.26 Å². The SMILES string of the molecule is N#Cc1ccc2nc(NCc3ccnc(OCC(F)(F)F)c3)ccc2c1. The standard InChI is InChI=1S/C18H13F3N4O/c19-18(20,21)11-26-17-8-13(5-6-23-17)10-24-16-4-2-14-7-12(9-22)1-3-15(14)25-16/h1-8H,10-11H2,(H,24,25). The summed E-state index contributed by atoms with van der Waals surface area (Å²) in [4.78, 5) is 8.20. The van der Waals surface area contributed by atoms with Gasteiger partial charge in [0.15, 0.2) is 6.61 Å². The number of ether oxygens (including phenoxy) is 1. The van der Waals surface area contributed by atoms with Gasteiger partial charge >= 0.3 is 6.18 Å². The molecule has 2 aromatic heterocycles. The van der Waals surface area contributed by atoms with Crippen molar-refractivity contribution >= 4 is 16.7 Å². The lowest BCUT2D eigenvalue weighted by Gasteiger charge is -2.10. The van der Waals surface area contributed by atoms with Gasteiger partial charge in [-0.15, -0.1) is 0 Å². The number of nitrogens with one attached hydrogen (secondary N) is 1. The van der Waals surface area contributed by atoms with Gasteiger partial charge in [-0.1, -0.05) is 0 Å². The molecule has 0 radical (unpaired) electrons. The van der Waals surface area contributed by atoms with E-state index in [9.17, 15) is 13.2 Å². The fourth-order valence-electron chi connectivity index (χ4n) is 2.28. The maximum Gasteiger partial charge on any atom is 0.422 e. The van der Waals surface area contributed by atoms with E-state index in [0.717, 1.165) is 10.9 Å². The van der Waals surface area contributed by atoms with E-state index in [4.69, 9.17) is 5.26 Å². The molecule has 0 saturated carbocycles. The van der Waals surface area contributed by atoms with Crippen molar-refractivity contribution in [1.82, 2.24) is 9.97 Å². The van der Waals surface area contributed by atoms with Crippen LogP contribution in [0.2, 0.25) is 0 Å². The number of alkyl halides is 3. The first-order valence-corrected chi connectivity index (χ1v) is 7.62. The molecule has 8 heteroatoms. The third-order valence-corrected chi connectivity index (χ3v) is 3.47. The number of hydrogen-bond donors (Lipinski definition) is 1. The number of benzene rings is 1. The lowest BCUT2D eigenvalue weighted by molar-refractivity contribution is -0.154. The first-order valence-electron chi connectivity index (χ1n) is 7.62. The molecule has 0 fully saturated rings. The molecule has 3 rings (SSSR count). The third-order valence-electron chi connectivity index (χ3n) is 3.47. The summed E-state index contributed by atoms with van der Waals surface area (Å²) in [7, 11) is 0. The van der Waals surface area contributed by atoms with Gasteiger partial charge < -0.3 is 10.1 Å². The molecule has 0 spiro atoms. The van der Waals surface area contributed by atoms with E-state index in [1.807, 2.05) is 6.07 Å². The van der Waals surface area contributed by atoms with Crippen LogP contribution in [0.15, 0.2) is 48.7 Å². The third kappa shape index (κ3) is 4.60. The Morgan fingerprint density at radius 1 is 1.12 bits per heavy atom. The maximum absolute atomic E-state index is 12.2. The molecule has 0 bridgehead atoms. The van der Waals surface area contributed by atoms with Crippen LogP contribution in [0.1, 0.15) is 11.1 Å². The number of nitriles is 1. The molecule has 0 aliphatic heterocycles. The second-order valence-corrected chi connectivity index (χ2v) is 5.48. The van der Waals surface area contributed by atoms with Crippen molar-refractivity contribution in [2.45, 2.75) is 12.7 Å². The monoisotopic (exact) mass is 358 g/mol. The van der Waals surface area contributed by atoms with Gasteiger partial charge in [0, 0.05) is 24.2 Å². The maximum atomic E-state index is 12.2. The van der Waals surface area contributed by atoms with Crippen molar-refractivity contribution in [3.05, 3.63) is 59.8 Å². The van der Waals surface area contributed by atoms with E-state index in [1.165, 1.54) is 12.3 Å². The molecule has 0 aliphatic carbocycles. The summed E-state index contributed by atoms with van der Waals surface area (Å²) in [6.45, 7) is -1.03. The van der Waals surface area contributed by atoms with E-state index >= 15 is 0 Å². The fraction of sp³-hybridized carbons (Fsp3) is 0.167. The number of nitrogens with zero attached hydrogens (tertiary/aromatic N) is 3. The minimum atomic E-state index is -4.41. The van der Waals surface area contributed by atoms with Gasteiger partial charge in [-0.3, -0.25) is 0 Å². The average molecular weight is 358 g/mol. The normalized spacial score (nSPS) is 11.2. The number of hydrogen-bond acceptors (Lipinski definition) is 5. The molecular formula is C18H13F3N4O. The Morgan fingerprint density at radius 3 is 2.73 bits per heavy atom. The topological polar surface area (TPSA) is 70.8 Å². The molecule has 2 heterocycles. The van der Waals surface area contributed by atoms with E-state index in [1.54, 1.807) is 30.3 Å². The van der Waals surface area contributed by atoms with Crippen LogP contribution in [-0.4, -0.2) is 22.8 Å². The van der Waals surface area contributed by atoms with Crippen LogP contribution in [0.5, 0.6) is 5.88 Å². The molecule has 26 heavy (non-hydrogen) atoms. The minimum absolute atomic E-state index is 0.0860. The Labute approximate surface area is 147 Å². The number of halogens is 3. The molecule has 0 aliphatic rings. The van der Waals surface area contributed by atoms with E-state index < -0.39 is 12.8 Å². The Morgan fingerprint density at radius 2 is 1.96 bits per heavy atom. The molecule has 3 aromatic rings. The van der Waals surface area contributed by atoms with E-state index in [0.29, 0.717) is 23.5 Å². The smallest absolute Gasteiger partial charge is 0.422 e. The molecule has 5 nitrogen and oxygen atoms in total. The zero-order valence-corrected chi connectivity index (χ0v) is 13.4. The molecule has 132 valence electrons. The lowest BCUT2D eigenvalue weighted by Crippen LogP contribution is -2.19. The molecule has 1 aromatic carbocycles. The molecule has 0 saturated heterocycles. The van der Waals surface area contributed by atoms with E-state index in [2.05, 4.69) is 26.1 Å². The highest BCUT2D eigenvalue weighted by Crippen LogP contribution is 2.19. The number of rotatable bonds is 5. The highest BCUT2D eigenvalue weighted by atomic mass is 19.4. The highest BCUT2D eigenvalue weighted by Gasteiger charge is 2.28. The van der Waals surface area contributed by atoms with Gasteiger partial charge in [0.2, 0.25) is 5.88 Å². The van der Waals surface area contributed by atoms with Crippen molar-refractivity contribution in [2.75, 3.05) is 11.9 Å². The minimum Gasteiger partial charge on any atom is -0.468 e. The van der Waals surface area contributed by atoms with Gasteiger partial charge in [0.25, 0.3) is 0 Å². The second-order valence-electron chi connectivity index (χ2n) is 5.48. The average Bonchev–Trinajstić information content (AvgIpc) is 2.64. The summed E-state index contributed by atoms with van der Waals surface area (Å²) in [5, 5.41) is 12.9. The first-order chi connectivity index (χ1) is 12.4. The van der Waals surface area contributed by atoms with Crippen molar-refractivity contribution < 1.29 is 17.9 Å². The van der Waals surface area contributed by atoms with Crippen LogP contribution in [0.4, 0.5) is 19.0 Å². The summed E-state index contributed by atoms with van der Waals surface area (Å²) in [6.07, 6.45) is -3.02. The van der Waals surface area contributed by atoms with Gasteiger partial charge in [-0.25, -0.2) is 9.97 Å². The largest absolute Gasteiger partial charge is 0.468 e. The molecule has 0 unspecified atom stereocenters. The van der Waals surface area contributed by atoms with Crippen molar-refractivity contribution in [3.8, 4) is 11.9 Å². The summed E-state index contributed by atoms with van der Waals surface area (Å²) < 4.78 is 41.2.